The second-order valence-electron chi connectivity index (χ2n) is 2.80. The maximum atomic E-state index is 10.8. The quantitative estimate of drug-likeness (QED) is 0.502. The lowest BCUT2D eigenvalue weighted by atomic mass is 9.78. The molecule has 0 amide bonds. The maximum Gasteiger partial charge on any atom is 0.492 e. The first-order chi connectivity index (χ1) is 7.15. The fourth-order valence-electron chi connectivity index (χ4n) is 1.32. The molecular weight excluding hydrogens is 199 g/mol. The third kappa shape index (κ3) is 2.11. The molecule has 15 heavy (non-hydrogen) atoms. The highest BCUT2D eigenvalue weighted by Gasteiger charge is 2.22. The summed E-state index contributed by atoms with van der Waals surface area (Å²) >= 11 is 0. The minimum absolute atomic E-state index is 0.111. The summed E-state index contributed by atoms with van der Waals surface area (Å²) in [5.41, 5.74) is 0.283. The largest absolute Gasteiger partial charge is 0.496 e. The lowest BCUT2D eigenvalue weighted by molar-refractivity contribution is 0.111. The van der Waals surface area contributed by atoms with Crippen molar-refractivity contribution in [3.05, 3.63) is 17.7 Å². The molecule has 1 aromatic rings. The Morgan fingerprint density at radius 1 is 1.27 bits per heavy atom. The molecule has 0 saturated carbocycles. The lowest BCUT2D eigenvalue weighted by Crippen LogP contribution is -2.31. The van der Waals surface area contributed by atoms with Crippen molar-refractivity contribution in [1.29, 1.82) is 0 Å². The fraction of sp³-hybridized carbons (Fsp3) is 0.222. The Labute approximate surface area is 87.4 Å². The van der Waals surface area contributed by atoms with E-state index in [1.165, 1.54) is 26.4 Å². The molecule has 0 heterocycles. The third-order valence-corrected chi connectivity index (χ3v) is 2.01. The summed E-state index contributed by atoms with van der Waals surface area (Å²) in [6.45, 7) is 0. The third-order valence-electron chi connectivity index (χ3n) is 2.01. The van der Waals surface area contributed by atoms with Crippen molar-refractivity contribution in [2.24, 2.45) is 0 Å². The van der Waals surface area contributed by atoms with Crippen LogP contribution in [-0.4, -0.2) is 37.7 Å². The van der Waals surface area contributed by atoms with Gasteiger partial charge in [0.1, 0.15) is 11.5 Å². The summed E-state index contributed by atoms with van der Waals surface area (Å²) in [5.74, 6) is 0.436. The molecule has 0 saturated heterocycles. The molecule has 1 aromatic carbocycles. The van der Waals surface area contributed by atoms with Crippen LogP contribution in [-0.2, 0) is 0 Å². The summed E-state index contributed by atoms with van der Waals surface area (Å²) in [6, 6.07) is 2.90. The standard InChI is InChI=1S/C9H11BO5/c1-14-8-4-3-7(10(12)13)9(15-2)6(8)5-11/h3-5,12-13H,1-2H3. The van der Waals surface area contributed by atoms with Gasteiger partial charge in [-0.3, -0.25) is 4.79 Å². The average molecular weight is 210 g/mol. The van der Waals surface area contributed by atoms with Crippen molar-refractivity contribution >= 4 is 18.9 Å². The summed E-state index contributed by atoms with van der Waals surface area (Å²) in [5, 5.41) is 18.1. The van der Waals surface area contributed by atoms with E-state index in [0.717, 1.165) is 0 Å². The van der Waals surface area contributed by atoms with Crippen molar-refractivity contribution in [3.63, 3.8) is 0 Å². The Morgan fingerprint density at radius 2 is 1.93 bits per heavy atom. The topological polar surface area (TPSA) is 76.0 Å². The molecule has 0 aromatic heterocycles. The molecule has 0 spiro atoms. The molecular formula is C9H11BO5. The van der Waals surface area contributed by atoms with Crippen molar-refractivity contribution in [2.75, 3.05) is 14.2 Å². The van der Waals surface area contributed by atoms with Crippen LogP contribution in [0.4, 0.5) is 0 Å². The second kappa shape index (κ2) is 4.81. The predicted octanol–water partition coefficient (Wildman–Crippen LogP) is -0.804. The molecule has 0 atom stereocenters. The first-order valence-electron chi connectivity index (χ1n) is 4.21. The lowest BCUT2D eigenvalue weighted by Gasteiger charge is -2.12. The minimum atomic E-state index is -1.69. The van der Waals surface area contributed by atoms with Crippen LogP contribution in [0.1, 0.15) is 10.4 Å². The number of rotatable bonds is 4. The normalized spacial score (nSPS) is 9.60. The number of ether oxygens (including phenoxy) is 2. The van der Waals surface area contributed by atoms with Gasteiger partial charge < -0.3 is 19.5 Å². The van der Waals surface area contributed by atoms with Gasteiger partial charge in [0.25, 0.3) is 0 Å². The summed E-state index contributed by atoms with van der Waals surface area (Å²) < 4.78 is 9.88. The fourth-order valence-corrected chi connectivity index (χ4v) is 1.32. The Balaban J connectivity index is 3.40. The molecule has 5 nitrogen and oxygen atoms in total. The van der Waals surface area contributed by atoms with E-state index in [1.54, 1.807) is 0 Å². The zero-order chi connectivity index (χ0) is 11.4. The average Bonchev–Trinajstić information content (AvgIpc) is 2.26. The van der Waals surface area contributed by atoms with Gasteiger partial charge in [-0.05, 0) is 6.07 Å². The molecule has 0 aliphatic carbocycles. The van der Waals surface area contributed by atoms with Gasteiger partial charge in [0.05, 0.1) is 19.8 Å². The van der Waals surface area contributed by atoms with Crippen molar-refractivity contribution in [3.8, 4) is 11.5 Å². The van der Waals surface area contributed by atoms with Crippen LogP contribution >= 0.6 is 0 Å². The van der Waals surface area contributed by atoms with Gasteiger partial charge in [-0.15, -0.1) is 0 Å². The zero-order valence-corrected chi connectivity index (χ0v) is 8.43. The van der Waals surface area contributed by atoms with E-state index in [9.17, 15) is 4.79 Å². The van der Waals surface area contributed by atoms with E-state index >= 15 is 0 Å². The Bertz CT molecular complexity index is 364. The van der Waals surface area contributed by atoms with E-state index in [-0.39, 0.29) is 16.8 Å². The first-order valence-corrected chi connectivity index (χ1v) is 4.21. The highest BCUT2D eigenvalue weighted by molar-refractivity contribution is 6.60. The molecule has 6 heteroatoms. The first kappa shape index (κ1) is 11.5. The number of benzene rings is 1. The van der Waals surface area contributed by atoms with Crippen LogP contribution in [0.25, 0.3) is 0 Å². The SMILES string of the molecule is COc1ccc(B(O)O)c(OC)c1C=O. The number of methoxy groups -OCH3 is 2. The van der Waals surface area contributed by atoms with Crippen LogP contribution in [0.2, 0.25) is 0 Å². The number of aldehydes is 1. The van der Waals surface area contributed by atoms with Gasteiger partial charge in [0, 0.05) is 5.46 Å². The molecule has 1 rings (SSSR count). The van der Waals surface area contributed by atoms with Crippen LogP contribution < -0.4 is 14.9 Å². The summed E-state index contributed by atoms with van der Waals surface area (Å²) in [6.07, 6.45) is 0.545. The van der Waals surface area contributed by atoms with Gasteiger partial charge in [0.15, 0.2) is 6.29 Å². The molecule has 0 unspecified atom stereocenters. The highest BCUT2D eigenvalue weighted by Crippen LogP contribution is 2.24. The number of carbonyl (C=O) groups is 1. The molecule has 2 N–H and O–H groups in total. The van der Waals surface area contributed by atoms with Crippen LogP contribution in [0, 0.1) is 0 Å². The Morgan fingerprint density at radius 3 is 2.33 bits per heavy atom. The van der Waals surface area contributed by atoms with Gasteiger partial charge in [-0.2, -0.15) is 0 Å². The highest BCUT2D eigenvalue weighted by atomic mass is 16.5. The Kier molecular flexibility index (Phi) is 3.71. The molecule has 80 valence electrons. The molecule has 0 bridgehead atoms. The van der Waals surface area contributed by atoms with E-state index in [0.29, 0.717) is 12.0 Å². The maximum absolute atomic E-state index is 10.8. The Hall–Kier alpha value is -1.53. The van der Waals surface area contributed by atoms with Gasteiger partial charge in [-0.25, -0.2) is 0 Å². The predicted molar refractivity (Wildman–Crippen MR) is 54.8 cm³/mol. The van der Waals surface area contributed by atoms with Crippen molar-refractivity contribution < 1.29 is 24.3 Å². The summed E-state index contributed by atoms with van der Waals surface area (Å²) in [7, 11) is 1.06. The van der Waals surface area contributed by atoms with E-state index in [2.05, 4.69) is 0 Å². The van der Waals surface area contributed by atoms with E-state index in [1.807, 2.05) is 0 Å². The van der Waals surface area contributed by atoms with Gasteiger partial charge in [-0.1, -0.05) is 6.07 Å². The number of carbonyl (C=O) groups excluding carboxylic acids is 1. The molecule has 0 aliphatic heterocycles. The monoisotopic (exact) mass is 210 g/mol. The van der Waals surface area contributed by atoms with E-state index < -0.39 is 7.12 Å². The second-order valence-corrected chi connectivity index (χ2v) is 2.80. The number of hydrogen-bond donors (Lipinski definition) is 2. The zero-order valence-electron chi connectivity index (χ0n) is 8.43. The van der Waals surface area contributed by atoms with Crippen LogP contribution in [0.3, 0.4) is 0 Å². The minimum Gasteiger partial charge on any atom is -0.496 e. The number of hydrogen-bond acceptors (Lipinski definition) is 5. The molecule has 0 fully saturated rings. The van der Waals surface area contributed by atoms with Gasteiger partial charge in [0.2, 0.25) is 0 Å². The van der Waals surface area contributed by atoms with Crippen molar-refractivity contribution in [2.45, 2.75) is 0 Å². The molecule has 0 radical (unpaired) electrons. The smallest absolute Gasteiger partial charge is 0.492 e. The van der Waals surface area contributed by atoms with E-state index in [4.69, 9.17) is 19.5 Å². The van der Waals surface area contributed by atoms with Crippen molar-refractivity contribution in [1.82, 2.24) is 0 Å². The molecule has 0 aliphatic rings. The van der Waals surface area contributed by atoms with Crippen LogP contribution in [0.15, 0.2) is 12.1 Å². The van der Waals surface area contributed by atoms with Crippen LogP contribution in [0.5, 0.6) is 11.5 Å². The van der Waals surface area contributed by atoms with Gasteiger partial charge >= 0.3 is 7.12 Å². The summed E-state index contributed by atoms with van der Waals surface area (Å²) in [4.78, 5) is 10.8.